The van der Waals surface area contributed by atoms with E-state index >= 15 is 0 Å². The number of amides is 1. The first kappa shape index (κ1) is 22.9. The van der Waals surface area contributed by atoms with Crippen molar-refractivity contribution in [1.82, 2.24) is 10.2 Å². The number of piperidine rings is 1. The van der Waals surface area contributed by atoms with E-state index < -0.39 is 0 Å². The van der Waals surface area contributed by atoms with Crippen molar-refractivity contribution in [3.8, 4) is 0 Å². The molecule has 172 valence electrons. The first-order chi connectivity index (χ1) is 14.6. The van der Waals surface area contributed by atoms with Gasteiger partial charge >= 0.3 is 0 Å². The van der Waals surface area contributed by atoms with Gasteiger partial charge in [-0.1, -0.05) is 25.7 Å². The zero-order valence-electron chi connectivity index (χ0n) is 18.7. The third-order valence-corrected chi connectivity index (χ3v) is 9.07. The second-order valence-corrected chi connectivity index (χ2v) is 11.5. The quantitative estimate of drug-likeness (QED) is 0.610. The lowest BCUT2D eigenvalue weighted by molar-refractivity contribution is -0.127. The molecule has 0 aromatic heterocycles. The molecular weight excluding hydrogens is 396 g/mol. The van der Waals surface area contributed by atoms with Crippen LogP contribution in [0.5, 0.6) is 0 Å². The lowest BCUT2D eigenvalue weighted by atomic mass is 9.72. The van der Waals surface area contributed by atoms with E-state index in [9.17, 15) is 9.90 Å². The molecule has 0 aromatic rings. The highest BCUT2D eigenvalue weighted by Gasteiger charge is 2.34. The van der Waals surface area contributed by atoms with E-state index in [-0.39, 0.29) is 12.0 Å². The van der Waals surface area contributed by atoms with Crippen LogP contribution in [0.4, 0.5) is 0 Å². The van der Waals surface area contributed by atoms with Crippen LogP contribution in [0.25, 0.3) is 0 Å². The van der Waals surface area contributed by atoms with Gasteiger partial charge in [0.25, 0.3) is 0 Å². The Hall–Kier alpha value is -0.320. The fourth-order valence-corrected chi connectivity index (χ4v) is 7.15. The number of aliphatic hydroxyl groups excluding tert-OH is 1. The fraction of sp³-hybridized carbons (Fsp3) is 0.960. The molecule has 30 heavy (non-hydrogen) atoms. The number of halogens is 1. The van der Waals surface area contributed by atoms with Crippen LogP contribution in [0.1, 0.15) is 89.9 Å². The van der Waals surface area contributed by atoms with E-state index in [0.29, 0.717) is 17.3 Å². The third kappa shape index (κ3) is 6.36. The molecule has 4 rings (SSSR count). The predicted octanol–water partition coefficient (Wildman–Crippen LogP) is 4.72. The molecule has 1 heterocycles. The molecule has 4 atom stereocenters. The van der Waals surface area contributed by atoms with E-state index in [0.717, 1.165) is 82.3 Å². The Morgan fingerprint density at radius 2 is 1.53 bits per heavy atom. The van der Waals surface area contributed by atoms with Crippen LogP contribution in [0, 0.1) is 23.7 Å². The van der Waals surface area contributed by atoms with Crippen molar-refractivity contribution in [3.63, 3.8) is 0 Å². The zero-order valence-corrected chi connectivity index (χ0v) is 19.5. The number of carbonyl (C=O) groups excluding carboxylic acids is 1. The second kappa shape index (κ2) is 11.0. The number of alkyl halides is 1. The Kier molecular flexibility index (Phi) is 8.39. The van der Waals surface area contributed by atoms with Crippen LogP contribution >= 0.6 is 11.6 Å². The van der Waals surface area contributed by atoms with Crippen molar-refractivity contribution in [3.05, 3.63) is 0 Å². The van der Waals surface area contributed by atoms with Gasteiger partial charge in [0.2, 0.25) is 5.91 Å². The van der Waals surface area contributed by atoms with Gasteiger partial charge in [-0.3, -0.25) is 4.79 Å². The molecule has 1 saturated heterocycles. The Bertz CT molecular complexity index is 543. The number of rotatable bonds is 5. The van der Waals surface area contributed by atoms with Crippen LogP contribution < -0.4 is 5.32 Å². The van der Waals surface area contributed by atoms with Gasteiger partial charge in [-0.2, -0.15) is 0 Å². The first-order valence-corrected chi connectivity index (χ1v) is 13.4. The number of aliphatic hydroxyl groups is 1. The average molecular weight is 439 g/mol. The van der Waals surface area contributed by atoms with Gasteiger partial charge in [0, 0.05) is 23.9 Å². The minimum Gasteiger partial charge on any atom is -0.393 e. The second-order valence-electron chi connectivity index (χ2n) is 10.9. The summed E-state index contributed by atoms with van der Waals surface area (Å²) >= 11 is 6.45. The summed E-state index contributed by atoms with van der Waals surface area (Å²) in [4.78, 5) is 15.5. The highest BCUT2D eigenvalue weighted by molar-refractivity contribution is 6.20. The summed E-state index contributed by atoms with van der Waals surface area (Å²) in [6, 6.07) is 0.388. The summed E-state index contributed by atoms with van der Waals surface area (Å²) in [5.41, 5.74) is 0. The molecule has 3 saturated carbocycles. The third-order valence-electron chi connectivity index (χ3n) is 8.67. The van der Waals surface area contributed by atoms with Gasteiger partial charge < -0.3 is 15.3 Å². The number of hydrogen-bond acceptors (Lipinski definition) is 3. The molecule has 4 fully saturated rings. The van der Waals surface area contributed by atoms with Crippen LogP contribution in [0.3, 0.4) is 0 Å². The maximum Gasteiger partial charge on any atom is 0.223 e. The van der Waals surface area contributed by atoms with Gasteiger partial charge in [-0.25, -0.2) is 0 Å². The summed E-state index contributed by atoms with van der Waals surface area (Å²) in [7, 11) is 0. The van der Waals surface area contributed by atoms with Crippen molar-refractivity contribution in [2.75, 3.05) is 19.6 Å². The summed E-state index contributed by atoms with van der Waals surface area (Å²) in [6.07, 6.45) is 16.1. The fourth-order valence-electron chi connectivity index (χ4n) is 6.77. The van der Waals surface area contributed by atoms with E-state index in [1.165, 1.54) is 44.9 Å². The topological polar surface area (TPSA) is 52.6 Å². The van der Waals surface area contributed by atoms with Crippen LogP contribution in [0.2, 0.25) is 0 Å². The van der Waals surface area contributed by atoms with Gasteiger partial charge in [0.1, 0.15) is 0 Å². The summed E-state index contributed by atoms with van der Waals surface area (Å²) in [5, 5.41) is 13.5. The maximum atomic E-state index is 13.0. The number of likely N-dealkylation sites (tertiary alicyclic amines) is 1. The highest BCUT2D eigenvalue weighted by atomic mass is 35.5. The Morgan fingerprint density at radius 1 is 0.867 bits per heavy atom. The molecule has 0 radical (unpaired) electrons. The molecular formula is C25H43ClN2O2. The molecule has 0 spiro atoms. The lowest BCUT2D eigenvalue weighted by Gasteiger charge is -2.39. The number of nitrogens with zero attached hydrogens (tertiary/aromatic N) is 1. The molecule has 2 N–H and O–H groups in total. The molecule has 0 bridgehead atoms. The first-order valence-electron chi connectivity index (χ1n) is 12.9. The van der Waals surface area contributed by atoms with E-state index in [1.54, 1.807) is 0 Å². The Labute approximate surface area is 188 Å². The van der Waals surface area contributed by atoms with Crippen molar-refractivity contribution >= 4 is 17.5 Å². The lowest BCUT2D eigenvalue weighted by Crippen LogP contribution is -2.46. The largest absolute Gasteiger partial charge is 0.393 e. The summed E-state index contributed by atoms with van der Waals surface area (Å²) in [5.74, 6) is 2.81. The SMILES string of the molecule is O=C(NC1CCCC(C2CCCC(Cl)C2)C1)C1CCN(CC2CCC(O)CC2)CC1. The van der Waals surface area contributed by atoms with Crippen LogP contribution in [-0.4, -0.2) is 53.1 Å². The molecule has 0 aromatic carbocycles. The van der Waals surface area contributed by atoms with Crippen molar-refractivity contribution in [1.29, 1.82) is 0 Å². The minimum absolute atomic E-state index is 0.0652. The summed E-state index contributed by atoms with van der Waals surface area (Å²) < 4.78 is 0. The molecule has 4 unspecified atom stereocenters. The highest BCUT2D eigenvalue weighted by Crippen LogP contribution is 2.40. The van der Waals surface area contributed by atoms with Crippen LogP contribution in [-0.2, 0) is 4.79 Å². The molecule has 5 heteroatoms. The molecule has 4 aliphatic rings. The zero-order chi connectivity index (χ0) is 20.9. The van der Waals surface area contributed by atoms with E-state index in [2.05, 4.69) is 10.2 Å². The molecule has 4 nitrogen and oxygen atoms in total. The Morgan fingerprint density at radius 3 is 2.23 bits per heavy atom. The summed E-state index contributed by atoms with van der Waals surface area (Å²) in [6.45, 7) is 3.28. The minimum atomic E-state index is -0.0652. The van der Waals surface area contributed by atoms with Gasteiger partial charge in [0.05, 0.1) is 6.10 Å². The van der Waals surface area contributed by atoms with Gasteiger partial charge in [-0.05, 0) is 95.1 Å². The monoisotopic (exact) mass is 438 g/mol. The normalized spacial score (nSPS) is 39.5. The van der Waals surface area contributed by atoms with E-state index in [1.807, 2.05) is 0 Å². The molecule has 1 amide bonds. The maximum absolute atomic E-state index is 13.0. The smallest absolute Gasteiger partial charge is 0.223 e. The van der Waals surface area contributed by atoms with E-state index in [4.69, 9.17) is 11.6 Å². The Balaban J connectivity index is 1.17. The van der Waals surface area contributed by atoms with Gasteiger partial charge in [-0.15, -0.1) is 11.6 Å². The molecule has 1 aliphatic heterocycles. The van der Waals surface area contributed by atoms with Crippen molar-refractivity contribution in [2.45, 2.75) is 107 Å². The number of carbonyl (C=O) groups is 1. The number of hydrogen-bond donors (Lipinski definition) is 2. The van der Waals surface area contributed by atoms with Crippen LogP contribution in [0.15, 0.2) is 0 Å². The van der Waals surface area contributed by atoms with Crippen molar-refractivity contribution in [2.24, 2.45) is 23.7 Å². The van der Waals surface area contributed by atoms with Crippen molar-refractivity contribution < 1.29 is 9.90 Å². The van der Waals surface area contributed by atoms with Gasteiger partial charge in [0.15, 0.2) is 0 Å². The number of nitrogens with one attached hydrogen (secondary N) is 1. The average Bonchev–Trinajstić information content (AvgIpc) is 2.76. The molecule has 3 aliphatic carbocycles. The predicted molar refractivity (Wildman–Crippen MR) is 123 cm³/mol. The standard InChI is InChI=1S/C25H43ClN2O2/c26-22-5-1-3-20(15-22)21-4-2-6-23(16-21)27-25(30)19-11-13-28(14-12-19)17-18-7-9-24(29)10-8-18/h18-24,29H,1-17H2,(H,27,30).